The average Bonchev–Trinajstić information content (AvgIpc) is 2.47. The molecular weight excluding hydrogens is 257 g/mol. The third kappa shape index (κ3) is 2.60. The first-order valence-corrected chi connectivity index (χ1v) is 6.62. The summed E-state index contributed by atoms with van der Waals surface area (Å²) in [5.74, 6) is 0.561. The Kier molecular flexibility index (Phi) is 3.56. The number of halogens is 1. The molecule has 0 bridgehead atoms. The van der Waals surface area contributed by atoms with E-state index >= 15 is 0 Å². The molecule has 0 saturated heterocycles. The Bertz CT molecular complexity index is 615. The van der Waals surface area contributed by atoms with Gasteiger partial charge in [-0.1, -0.05) is 18.2 Å². The molecule has 0 fully saturated rings. The molecular formula is C16H16FNO2. The Hall–Kier alpha value is -2.07. The van der Waals surface area contributed by atoms with Gasteiger partial charge in [0.15, 0.2) is 0 Å². The molecule has 0 saturated carbocycles. The second kappa shape index (κ2) is 5.51. The van der Waals surface area contributed by atoms with Gasteiger partial charge in [-0.15, -0.1) is 0 Å². The van der Waals surface area contributed by atoms with Crippen LogP contribution in [0.2, 0.25) is 0 Å². The number of fused-ring (bicyclic) bond motifs is 1. The van der Waals surface area contributed by atoms with Crippen molar-refractivity contribution in [2.45, 2.75) is 13.2 Å². The molecule has 3 rings (SSSR count). The van der Waals surface area contributed by atoms with Gasteiger partial charge in [0.25, 0.3) is 0 Å². The SMILES string of the molecule is OCc1ccc2c(c1)OCCN2Cc1cccc(F)c1. The molecule has 0 atom stereocenters. The first kappa shape index (κ1) is 12.9. The zero-order valence-corrected chi connectivity index (χ0v) is 11.1. The van der Waals surface area contributed by atoms with Gasteiger partial charge in [0.05, 0.1) is 18.8 Å². The Balaban J connectivity index is 1.86. The lowest BCUT2D eigenvalue weighted by molar-refractivity contribution is 0.278. The van der Waals surface area contributed by atoms with E-state index in [1.165, 1.54) is 6.07 Å². The lowest BCUT2D eigenvalue weighted by atomic mass is 10.1. The van der Waals surface area contributed by atoms with Crippen molar-refractivity contribution in [1.29, 1.82) is 0 Å². The fourth-order valence-electron chi connectivity index (χ4n) is 2.44. The predicted molar refractivity (Wildman–Crippen MR) is 75.3 cm³/mol. The molecule has 0 radical (unpaired) electrons. The molecule has 104 valence electrons. The summed E-state index contributed by atoms with van der Waals surface area (Å²) in [5, 5.41) is 9.16. The van der Waals surface area contributed by atoms with Crippen LogP contribution >= 0.6 is 0 Å². The molecule has 0 amide bonds. The first-order chi connectivity index (χ1) is 9.76. The summed E-state index contributed by atoms with van der Waals surface area (Å²) in [6.45, 7) is 2.01. The maximum atomic E-state index is 13.2. The van der Waals surface area contributed by atoms with Crippen LogP contribution in [0.1, 0.15) is 11.1 Å². The molecule has 20 heavy (non-hydrogen) atoms. The van der Waals surface area contributed by atoms with E-state index in [2.05, 4.69) is 4.90 Å². The van der Waals surface area contributed by atoms with Crippen LogP contribution in [0.15, 0.2) is 42.5 Å². The lowest BCUT2D eigenvalue weighted by Crippen LogP contribution is -2.32. The van der Waals surface area contributed by atoms with Crippen LogP contribution in [0.5, 0.6) is 5.75 Å². The van der Waals surface area contributed by atoms with Crippen LogP contribution in [-0.2, 0) is 13.2 Å². The van der Waals surface area contributed by atoms with E-state index < -0.39 is 0 Å². The minimum Gasteiger partial charge on any atom is -0.490 e. The number of aliphatic hydroxyl groups is 1. The van der Waals surface area contributed by atoms with Crippen molar-refractivity contribution < 1.29 is 14.2 Å². The van der Waals surface area contributed by atoms with Crippen molar-refractivity contribution in [3.8, 4) is 5.75 Å². The second-order valence-electron chi connectivity index (χ2n) is 4.86. The third-order valence-electron chi connectivity index (χ3n) is 3.43. The zero-order valence-electron chi connectivity index (χ0n) is 11.1. The molecule has 0 aromatic heterocycles. The Morgan fingerprint density at radius 1 is 1.15 bits per heavy atom. The number of anilines is 1. The predicted octanol–water partition coefficient (Wildman–Crippen LogP) is 2.72. The summed E-state index contributed by atoms with van der Waals surface area (Å²) in [4.78, 5) is 2.16. The summed E-state index contributed by atoms with van der Waals surface area (Å²) in [6, 6.07) is 12.3. The van der Waals surface area contributed by atoms with Crippen molar-refractivity contribution in [2.75, 3.05) is 18.1 Å². The van der Waals surface area contributed by atoms with Crippen LogP contribution in [-0.4, -0.2) is 18.3 Å². The molecule has 1 N–H and O–H groups in total. The number of rotatable bonds is 3. The van der Waals surface area contributed by atoms with Crippen molar-refractivity contribution in [3.63, 3.8) is 0 Å². The number of hydrogen-bond donors (Lipinski definition) is 1. The van der Waals surface area contributed by atoms with E-state index in [1.807, 2.05) is 24.3 Å². The number of nitrogens with zero attached hydrogens (tertiary/aromatic N) is 1. The largest absolute Gasteiger partial charge is 0.490 e. The Labute approximate surface area is 117 Å². The van der Waals surface area contributed by atoms with Crippen molar-refractivity contribution >= 4 is 5.69 Å². The molecule has 1 heterocycles. The van der Waals surface area contributed by atoms with E-state index in [0.717, 1.165) is 29.1 Å². The molecule has 1 aliphatic rings. The molecule has 3 nitrogen and oxygen atoms in total. The summed E-state index contributed by atoms with van der Waals surface area (Å²) in [6.07, 6.45) is 0. The molecule has 1 aliphatic heterocycles. The van der Waals surface area contributed by atoms with Gasteiger partial charge >= 0.3 is 0 Å². The van der Waals surface area contributed by atoms with E-state index in [1.54, 1.807) is 12.1 Å². The summed E-state index contributed by atoms with van der Waals surface area (Å²) < 4.78 is 18.9. The molecule has 0 unspecified atom stereocenters. The van der Waals surface area contributed by atoms with Gasteiger partial charge in [-0.2, -0.15) is 0 Å². The fraction of sp³-hybridized carbons (Fsp3) is 0.250. The molecule has 4 heteroatoms. The van der Waals surface area contributed by atoms with Crippen molar-refractivity contribution in [3.05, 3.63) is 59.4 Å². The highest BCUT2D eigenvalue weighted by molar-refractivity contribution is 5.61. The standard InChI is InChI=1S/C16H16FNO2/c17-14-3-1-2-12(8-14)10-18-6-7-20-16-9-13(11-19)4-5-15(16)18/h1-5,8-9,19H,6-7,10-11H2. The third-order valence-corrected chi connectivity index (χ3v) is 3.43. The van der Waals surface area contributed by atoms with Crippen LogP contribution < -0.4 is 9.64 Å². The first-order valence-electron chi connectivity index (χ1n) is 6.62. The minimum atomic E-state index is -0.216. The number of aliphatic hydroxyl groups excluding tert-OH is 1. The second-order valence-corrected chi connectivity index (χ2v) is 4.86. The van der Waals surface area contributed by atoms with E-state index in [4.69, 9.17) is 9.84 Å². The maximum Gasteiger partial charge on any atom is 0.143 e. The van der Waals surface area contributed by atoms with Gasteiger partial charge in [-0.25, -0.2) is 4.39 Å². The smallest absolute Gasteiger partial charge is 0.143 e. The van der Waals surface area contributed by atoms with E-state index in [9.17, 15) is 4.39 Å². The molecule has 0 spiro atoms. The number of hydrogen-bond acceptors (Lipinski definition) is 3. The maximum absolute atomic E-state index is 13.2. The highest BCUT2D eigenvalue weighted by Crippen LogP contribution is 2.33. The van der Waals surface area contributed by atoms with Crippen LogP contribution in [0, 0.1) is 5.82 Å². The summed E-state index contributed by atoms with van der Waals surface area (Å²) in [5.41, 5.74) is 2.75. The number of benzene rings is 2. The average molecular weight is 273 g/mol. The van der Waals surface area contributed by atoms with Gasteiger partial charge in [-0.3, -0.25) is 0 Å². The van der Waals surface area contributed by atoms with Crippen molar-refractivity contribution in [1.82, 2.24) is 0 Å². The van der Waals surface area contributed by atoms with E-state index in [0.29, 0.717) is 13.2 Å². The Morgan fingerprint density at radius 2 is 2.05 bits per heavy atom. The fourth-order valence-corrected chi connectivity index (χ4v) is 2.44. The monoisotopic (exact) mass is 273 g/mol. The van der Waals surface area contributed by atoms with Gasteiger partial charge in [0.1, 0.15) is 18.2 Å². The van der Waals surface area contributed by atoms with Gasteiger partial charge < -0.3 is 14.7 Å². The van der Waals surface area contributed by atoms with Crippen LogP contribution in [0.25, 0.3) is 0 Å². The molecule has 2 aromatic rings. The highest BCUT2D eigenvalue weighted by Gasteiger charge is 2.18. The number of ether oxygens (including phenoxy) is 1. The van der Waals surface area contributed by atoms with Crippen LogP contribution in [0.4, 0.5) is 10.1 Å². The van der Waals surface area contributed by atoms with Gasteiger partial charge in [0, 0.05) is 6.54 Å². The lowest BCUT2D eigenvalue weighted by Gasteiger charge is -2.31. The molecule has 2 aromatic carbocycles. The summed E-state index contributed by atoms with van der Waals surface area (Å²) >= 11 is 0. The van der Waals surface area contributed by atoms with Gasteiger partial charge in [-0.05, 0) is 35.4 Å². The normalized spacial score (nSPS) is 13.8. The quantitative estimate of drug-likeness (QED) is 0.933. The molecule has 0 aliphatic carbocycles. The summed E-state index contributed by atoms with van der Waals surface area (Å²) in [7, 11) is 0. The Morgan fingerprint density at radius 3 is 2.85 bits per heavy atom. The minimum absolute atomic E-state index is 0.000532. The van der Waals surface area contributed by atoms with E-state index in [-0.39, 0.29) is 12.4 Å². The zero-order chi connectivity index (χ0) is 13.9. The highest BCUT2D eigenvalue weighted by atomic mass is 19.1. The topological polar surface area (TPSA) is 32.7 Å². The van der Waals surface area contributed by atoms with Gasteiger partial charge in [0.2, 0.25) is 0 Å². The van der Waals surface area contributed by atoms with Crippen LogP contribution in [0.3, 0.4) is 0 Å². The van der Waals surface area contributed by atoms with Crippen molar-refractivity contribution in [2.24, 2.45) is 0 Å².